The minimum atomic E-state index is -2.67. The predicted octanol–water partition coefficient (Wildman–Crippen LogP) is 31.5. The van der Waals surface area contributed by atoms with Gasteiger partial charge in [-0.15, -0.1) is 287 Å². The van der Waals surface area contributed by atoms with Crippen LogP contribution in [0.3, 0.4) is 0 Å². The topological polar surface area (TPSA) is 103 Å². The van der Waals surface area contributed by atoms with Gasteiger partial charge in [-0.3, -0.25) is 0 Å². The van der Waals surface area contributed by atoms with E-state index in [2.05, 4.69) is 200 Å². The minimum absolute atomic E-state index is 0. The molecule has 0 aliphatic carbocycles. The van der Waals surface area contributed by atoms with Gasteiger partial charge in [0.1, 0.15) is 5.82 Å². The van der Waals surface area contributed by atoms with Crippen molar-refractivity contribution in [2.24, 2.45) is 0 Å². The first kappa shape index (κ1) is 84.8. The maximum atomic E-state index is 12.9. The third kappa shape index (κ3) is 33.7. The van der Waals surface area contributed by atoms with E-state index in [1.54, 1.807) is 91.3 Å². The van der Waals surface area contributed by atoms with E-state index >= 15 is 0 Å². The largest absolute Gasteiger partial charge is 0.305 e. The van der Waals surface area contributed by atoms with E-state index in [4.69, 9.17) is 23.3 Å². The van der Waals surface area contributed by atoms with Crippen molar-refractivity contribution in [2.75, 3.05) is 0 Å². The Bertz CT molecular complexity index is 7320. The van der Waals surface area contributed by atoms with E-state index in [1.807, 2.05) is 213 Å². The molecule has 8 heterocycles. The molecule has 8 aromatic heterocycles. The average molecular weight is 2520 g/mol. The van der Waals surface area contributed by atoms with Crippen LogP contribution in [0.4, 0.5) is 4.39 Å². The van der Waals surface area contributed by atoms with Crippen LogP contribution in [0, 0.1) is 88.8 Å². The zero-order valence-corrected chi connectivity index (χ0v) is 85.6. The Morgan fingerprint density at radius 1 is 0.268 bits per heavy atom. The second-order valence-corrected chi connectivity index (χ2v) is 30.5. The average Bonchev–Trinajstić information content (AvgIpc) is 0.754. The molecule has 138 heavy (non-hydrogen) atoms. The Labute approximate surface area is 893 Å². The number of hydrogen-bond acceptors (Lipinski definition) is 8. The molecule has 20 aromatic rings. The molecule has 8 nitrogen and oxygen atoms in total. The van der Waals surface area contributed by atoms with Gasteiger partial charge in [0.25, 0.3) is 0 Å². The first-order chi connectivity index (χ1) is 72.2. The zero-order valence-electron chi connectivity index (χ0n) is 93.0. The van der Waals surface area contributed by atoms with Crippen molar-refractivity contribution in [2.45, 2.75) is 87.1 Å². The van der Waals surface area contributed by atoms with Crippen LogP contribution in [0.25, 0.3) is 135 Å². The third-order valence-electron chi connectivity index (χ3n) is 20.6. The number of benzene rings is 12. The molecule has 0 bridgehead atoms. The number of halogens is 1. The monoisotopic (exact) mass is 2530 g/mol. The molecule has 0 amide bonds. The van der Waals surface area contributed by atoms with Crippen LogP contribution in [-0.2, 0) is 86.8 Å². The zero-order chi connectivity index (χ0) is 108. The second kappa shape index (κ2) is 57.4. The number of aromatic nitrogens is 8. The summed E-state index contributed by atoms with van der Waals surface area (Å²) in [4.78, 5) is 34.4. The molecule has 0 N–H and O–H groups in total. The summed E-state index contributed by atoms with van der Waals surface area (Å²) in [5, 5.41) is 0. The van der Waals surface area contributed by atoms with Gasteiger partial charge in [0.15, 0.2) is 0 Å². The number of rotatable bonds is 15. The predicted molar refractivity (Wildman–Crippen MR) is 551 cm³/mol. The van der Waals surface area contributed by atoms with E-state index in [0.29, 0.717) is 22.5 Å². The Balaban J connectivity index is 0.000000195. The minimum Gasteiger partial charge on any atom is -0.305 e. The van der Waals surface area contributed by atoms with E-state index in [1.165, 1.54) is 94.5 Å². The van der Waals surface area contributed by atoms with Crippen LogP contribution in [0.1, 0.15) is 114 Å². The first-order valence-corrected chi connectivity index (χ1v) is 43.2. The molecule has 12 aromatic carbocycles. The number of nitrogens with zero attached hydrogens (tertiary/aromatic N) is 8. The van der Waals surface area contributed by atoms with Crippen molar-refractivity contribution in [3.8, 4) is 135 Å². The molecule has 2 unspecified atom stereocenters. The molecule has 2 atom stereocenters. The van der Waals surface area contributed by atoms with E-state index in [0.717, 1.165) is 96.0 Å². The molecular formula is C125H105FIr4N8-8. The molecule has 0 spiro atoms. The summed E-state index contributed by atoms with van der Waals surface area (Å²) in [6.07, 6.45) is 13.0. The summed E-state index contributed by atoms with van der Waals surface area (Å²) in [5.41, 5.74) is 27.7. The summed E-state index contributed by atoms with van der Waals surface area (Å²) < 4.78 is 140. The van der Waals surface area contributed by atoms with Crippen molar-refractivity contribution < 1.29 is 108 Å². The standard InChI is InChI=1S/3C18H14N.C17H11FN.C15H16N.C14H14N.C13H12N.C12H10N.4Ir/c3*1-14-7-9-15(10-8-14)17-11-12-19-18(13-17)16-5-3-2-4-6-16;18-16-9-6-13(7-10-16)15-8-11-17(19-12-15)14-4-2-1-3-5-14;1-11(2)14-9-15(16-10-12(14)3)13-7-5-4-6-8-13;1-11(2)13-8-9-14(15-10-13)12-6-4-3-5-7-12;1-2-11-8-9-13(14-10-11)12-6-4-3-5-7-12;1-10-7-8-12(13-9-10)11-5-3-2-4-6-11;;;;/h3*2-5,7-13H,1H3;1-4,6-12H;4-7,9-11H,1-3H3;3-6,8-11H,1-2H3;3-6,8-10H,2H2,1H3;2-5,7-9H,1H3;;;;/q8*-1;;;;/i;;;;1D3,3D3,11D;1D3,11D;2*1D3;;;;. The summed E-state index contributed by atoms with van der Waals surface area (Å²) in [5.74, 6) is -3.95. The van der Waals surface area contributed by atoms with E-state index < -0.39 is 46.0 Å². The van der Waals surface area contributed by atoms with Crippen molar-refractivity contribution in [3.63, 3.8) is 0 Å². The maximum Gasteiger partial charge on any atom is 0.123 e. The van der Waals surface area contributed by atoms with Gasteiger partial charge < -0.3 is 39.9 Å². The van der Waals surface area contributed by atoms with Crippen molar-refractivity contribution in [1.82, 2.24) is 39.9 Å². The molecule has 0 aliphatic rings. The van der Waals surface area contributed by atoms with Crippen LogP contribution in [0.15, 0.2) is 432 Å². The Morgan fingerprint density at radius 3 is 0.870 bits per heavy atom. The van der Waals surface area contributed by atoms with E-state index in [9.17, 15) is 4.39 Å². The molecule has 696 valence electrons. The van der Waals surface area contributed by atoms with Gasteiger partial charge in [-0.25, -0.2) is 4.39 Å². The molecular weight excluding hydrogens is 2400 g/mol. The molecule has 20 rings (SSSR count). The van der Waals surface area contributed by atoms with Gasteiger partial charge in [-0.2, -0.15) is 0 Å². The summed E-state index contributed by atoms with van der Waals surface area (Å²) in [6, 6.07) is 146. The molecule has 0 saturated heterocycles. The smallest absolute Gasteiger partial charge is 0.123 e. The van der Waals surface area contributed by atoms with Gasteiger partial charge in [-0.1, -0.05) is 209 Å². The van der Waals surface area contributed by atoms with Gasteiger partial charge in [0.05, 0.1) is 0 Å². The van der Waals surface area contributed by atoms with Gasteiger partial charge >= 0.3 is 0 Å². The molecule has 0 fully saturated rings. The maximum absolute atomic E-state index is 12.9. The first-order valence-electron chi connectivity index (χ1n) is 51.7. The quantitative estimate of drug-likeness (QED) is 0.0935. The van der Waals surface area contributed by atoms with Gasteiger partial charge in [-0.05, 0) is 201 Å². The SMILES string of the molecule is Cc1ccc(-c2ccnc(-c3[c-]cccc3)c2)cc1.Cc1ccc(-c2ccnc(-c3[c-]cccc3)c2)cc1.Cc1ccc(-c2ccnc(-c3[c-]cccc3)c2)cc1.Fc1ccc(-c2ccc(-c3[c-]cccc3)nc2)cc1.[2H]C([2H])([2H])C([2H])(C)c1ccc(-c2[c-]cccc2)nc1.[2H]C([2H])([2H])Cc1ccc(-c2[c-]cccc2)nc1.[2H]C([2H])([2H])c1ccc(-c2[c-]cccc2)nc1.[2H]C([2H])([2H])c1cnc(-c2[c-]cccc2)cc1C([2H])(C)C([2H])([2H])[2H].[Ir].[Ir].[Ir].[Ir]. The van der Waals surface area contributed by atoms with Crippen LogP contribution in [-0.4, -0.2) is 39.9 Å². The number of aryl methyl sites for hydroxylation is 6. The third-order valence-corrected chi connectivity index (χ3v) is 20.6. The van der Waals surface area contributed by atoms with Crippen molar-refractivity contribution >= 4 is 0 Å². The molecule has 4 radical (unpaired) electrons. The second-order valence-electron chi connectivity index (χ2n) is 30.5. The van der Waals surface area contributed by atoms with Crippen LogP contribution < -0.4 is 0 Å². The Morgan fingerprint density at radius 2 is 0.572 bits per heavy atom. The number of pyridine rings is 8. The Kier molecular flexibility index (Phi) is 35.3. The van der Waals surface area contributed by atoms with E-state index in [-0.39, 0.29) is 109 Å². The van der Waals surface area contributed by atoms with Crippen LogP contribution >= 0.6 is 0 Å². The number of hydrogen-bond donors (Lipinski definition) is 0. The molecule has 0 aliphatic heterocycles. The van der Waals surface area contributed by atoms with Gasteiger partial charge in [0, 0.05) is 153 Å². The normalized spacial score (nSPS) is 13.2. The molecule has 0 saturated carbocycles. The fourth-order valence-electron chi connectivity index (χ4n) is 13.2. The summed E-state index contributed by atoms with van der Waals surface area (Å²) in [7, 11) is 0. The van der Waals surface area contributed by atoms with Crippen LogP contribution in [0.5, 0.6) is 0 Å². The molecule has 13 heteroatoms. The summed E-state index contributed by atoms with van der Waals surface area (Å²) in [6.45, 7) is -2.76. The fraction of sp³-hybridized carbons (Fsp3) is 0.104. The van der Waals surface area contributed by atoms with Gasteiger partial charge in [0.2, 0.25) is 0 Å². The summed E-state index contributed by atoms with van der Waals surface area (Å²) >= 11 is 0. The fourth-order valence-corrected chi connectivity index (χ4v) is 13.2. The van der Waals surface area contributed by atoms with Crippen molar-refractivity contribution in [3.05, 3.63) is 531 Å². The Hall–Kier alpha value is -13.6. The van der Waals surface area contributed by atoms with Crippen LogP contribution in [0.2, 0.25) is 0 Å². The van der Waals surface area contributed by atoms with Crippen molar-refractivity contribution in [1.29, 1.82) is 0 Å².